The average Bonchev–Trinajstić information content (AvgIpc) is 2.57. The Hall–Kier alpha value is -3.07. The van der Waals surface area contributed by atoms with Gasteiger partial charge < -0.3 is 10.6 Å². The molecule has 0 saturated carbocycles. The summed E-state index contributed by atoms with van der Waals surface area (Å²) in [6.45, 7) is 1.83. The highest BCUT2D eigenvalue weighted by molar-refractivity contribution is 9.10. The van der Waals surface area contributed by atoms with Crippen LogP contribution in [0.15, 0.2) is 53.3 Å². The Bertz CT molecular complexity index is 934. The van der Waals surface area contributed by atoms with Crippen molar-refractivity contribution in [2.45, 2.75) is 6.92 Å². The quantitative estimate of drug-likeness (QED) is 0.484. The molecular formula is C16H13BrN6O2. The van der Waals surface area contributed by atoms with Crippen molar-refractivity contribution in [1.29, 1.82) is 0 Å². The van der Waals surface area contributed by atoms with Crippen LogP contribution in [0.3, 0.4) is 0 Å². The molecule has 0 unspecified atom stereocenters. The van der Waals surface area contributed by atoms with Gasteiger partial charge in [-0.2, -0.15) is 0 Å². The van der Waals surface area contributed by atoms with Crippen LogP contribution in [0, 0.1) is 17.0 Å². The summed E-state index contributed by atoms with van der Waals surface area (Å²) in [6.07, 6.45) is 1.25. The molecule has 0 spiro atoms. The number of nitrogens with zero attached hydrogens (tertiary/aromatic N) is 4. The molecule has 0 bridgehead atoms. The zero-order valence-electron chi connectivity index (χ0n) is 13.1. The lowest BCUT2D eigenvalue weighted by Crippen LogP contribution is -2.06. The van der Waals surface area contributed by atoms with Gasteiger partial charge in [0.25, 0.3) is 0 Å². The molecule has 0 aliphatic carbocycles. The number of nitro groups is 1. The lowest BCUT2D eigenvalue weighted by molar-refractivity contribution is -0.383. The van der Waals surface area contributed by atoms with Crippen molar-refractivity contribution in [3.05, 3.63) is 69.1 Å². The van der Waals surface area contributed by atoms with E-state index in [9.17, 15) is 10.1 Å². The Morgan fingerprint density at radius 1 is 1.04 bits per heavy atom. The third-order valence-corrected chi connectivity index (χ3v) is 3.96. The van der Waals surface area contributed by atoms with Gasteiger partial charge in [-0.05, 0) is 47.1 Å². The molecular weight excluding hydrogens is 388 g/mol. The Morgan fingerprint density at radius 2 is 1.76 bits per heavy atom. The number of aryl methyl sites for hydroxylation is 1. The van der Waals surface area contributed by atoms with Crippen LogP contribution in [0.1, 0.15) is 5.69 Å². The third kappa shape index (κ3) is 3.89. The van der Waals surface area contributed by atoms with Gasteiger partial charge in [-0.15, -0.1) is 0 Å². The third-order valence-electron chi connectivity index (χ3n) is 3.27. The minimum absolute atomic E-state index is 0.0626. The SMILES string of the molecule is Cc1cccc(Nc2ncnc(Nc3ccccc3Br)c2[N+](=O)[O-])n1. The van der Waals surface area contributed by atoms with Crippen LogP contribution >= 0.6 is 15.9 Å². The largest absolute Gasteiger partial charge is 0.353 e. The van der Waals surface area contributed by atoms with E-state index in [1.54, 1.807) is 18.2 Å². The number of hydrogen-bond donors (Lipinski definition) is 2. The van der Waals surface area contributed by atoms with E-state index in [1.807, 2.05) is 31.2 Å². The average molecular weight is 401 g/mol. The molecule has 25 heavy (non-hydrogen) atoms. The van der Waals surface area contributed by atoms with Crippen LogP contribution in [0.2, 0.25) is 0 Å². The zero-order valence-corrected chi connectivity index (χ0v) is 14.7. The maximum Gasteiger partial charge on any atom is 0.353 e. The second-order valence-corrected chi connectivity index (χ2v) is 5.92. The summed E-state index contributed by atoms with van der Waals surface area (Å²) in [6, 6.07) is 12.6. The first-order valence-corrected chi connectivity index (χ1v) is 8.05. The second kappa shape index (κ2) is 7.22. The molecule has 2 aromatic heterocycles. The summed E-state index contributed by atoms with van der Waals surface area (Å²) >= 11 is 3.39. The van der Waals surface area contributed by atoms with Gasteiger partial charge in [0.2, 0.25) is 11.6 Å². The monoisotopic (exact) mass is 400 g/mol. The van der Waals surface area contributed by atoms with Gasteiger partial charge in [0.15, 0.2) is 0 Å². The first kappa shape index (κ1) is 16.8. The van der Waals surface area contributed by atoms with Gasteiger partial charge in [0.05, 0.1) is 10.6 Å². The number of aromatic nitrogens is 3. The number of nitrogens with one attached hydrogen (secondary N) is 2. The van der Waals surface area contributed by atoms with Crippen molar-refractivity contribution in [2.24, 2.45) is 0 Å². The molecule has 0 aliphatic rings. The van der Waals surface area contributed by atoms with Gasteiger partial charge in [-0.25, -0.2) is 15.0 Å². The predicted octanol–water partition coefficient (Wildman–Crippen LogP) is 4.34. The molecule has 0 aliphatic heterocycles. The Kier molecular flexibility index (Phi) is 4.85. The summed E-state index contributed by atoms with van der Waals surface area (Å²) in [5.74, 6) is 0.614. The van der Waals surface area contributed by atoms with E-state index in [0.717, 1.165) is 10.2 Å². The topological polar surface area (TPSA) is 106 Å². The van der Waals surface area contributed by atoms with E-state index in [4.69, 9.17) is 0 Å². The molecule has 0 saturated heterocycles. The van der Waals surface area contributed by atoms with Crippen LogP contribution < -0.4 is 10.6 Å². The number of para-hydroxylation sites is 1. The van der Waals surface area contributed by atoms with Gasteiger partial charge in [0.1, 0.15) is 12.1 Å². The summed E-state index contributed by atoms with van der Waals surface area (Å²) < 4.78 is 0.762. The molecule has 0 radical (unpaired) electrons. The Labute approximate surface area is 151 Å². The summed E-state index contributed by atoms with van der Waals surface area (Å²) in [5, 5.41) is 17.4. The number of pyridine rings is 1. The highest BCUT2D eigenvalue weighted by Gasteiger charge is 2.24. The second-order valence-electron chi connectivity index (χ2n) is 5.07. The van der Waals surface area contributed by atoms with E-state index in [-0.39, 0.29) is 17.3 Å². The minimum atomic E-state index is -0.530. The fourth-order valence-corrected chi connectivity index (χ4v) is 2.54. The molecule has 8 nitrogen and oxygen atoms in total. The Morgan fingerprint density at radius 3 is 2.44 bits per heavy atom. The van der Waals surface area contributed by atoms with Crippen molar-refractivity contribution < 1.29 is 4.92 Å². The lowest BCUT2D eigenvalue weighted by atomic mass is 10.3. The standard InChI is InChI=1S/C16H13BrN6O2/c1-10-5-4-8-13(20-10)22-16-14(23(24)25)15(18-9-19-16)21-12-7-3-2-6-11(12)17/h2-9H,1H3,(H2,18,19,20,21,22). The first-order valence-electron chi connectivity index (χ1n) is 7.26. The van der Waals surface area contributed by atoms with E-state index in [2.05, 4.69) is 41.5 Å². The van der Waals surface area contributed by atoms with Gasteiger partial charge >= 0.3 is 5.69 Å². The number of anilines is 4. The van der Waals surface area contributed by atoms with Crippen molar-refractivity contribution >= 4 is 44.8 Å². The number of benzene rings is 1. The lowest BCUT2D eigenvalue weighted by Gasteiger charge is -2.11. The highest BCUT2D eigenvalue weighted by atomic mass is 79.9. The van der Waals surface area contributed by atoms with Gasteiger partial charge in [-0.3, -0.25) is 10.1 Å². The summed E-state index contributed by atoms with van der Waals surface area (Å²) in [5.41, 5.74) is 1.18. The van der Waals surface area contributed by atoms with E-state index in [0.29, 0.717) is 11.5 Å². The molecule has 0 atom stereocenters. The van der Waals surface area contributed by atoms with E-state index >= 15 is 0 Å². The van der Waals surface area contributed by atoms with Crippen LogP contribution in [-0.2, 0) is 0 Å². The fourth-order valence-electron chi connectivity index (χ4n) is 2.16. The number of halogens is 1. The van der Waals surface area contributed by atoms with Crippen molar-refractivity contribution in [1.82, 2.24) is 15.0 Å². The predicted molar refractivity (Wildman–Crippen MR) is 98.4 cm³/mol. The molecule has 126 valence electrons. The van der Waals surface area contributed by atoms with Crippen molar-refractivity contribution in [3.8, 4) is 0 Å². The summed E-state index contributed by atoms with van der Waals surface area (Å²) in [4.78, 5) is 23.3. The molecule has 9 heteroatoms. The van der Waals surface area contributed by atoms with Crippen LogP contribution in [0.5, 0.6) is 0 Å². The molecule has 2 heterocycles. The molecule has 0 fully saturated rings. The molecule has 3 rings (SSSR count). The molecule has 3 aromatic rings. The van der Waals surface area contributed by atoms with E-state index < -0.39 is 4.92 Å². The molecule has 1 aromatic carbocycles. The first-order chi connectivity index (χ1) is 12.0. The van der Waals surface area contributed by atoms with Crippen LogP contribution in [0.4, 0.5) is 28.8 Å². The van der Waals surface area contributed by atoms with Crippen LogP contribution in [0.25, 0.3) is 0 Å². The van der Waals surface area contributed by atoms with Crippen molar-refractivity contribution in [3.63, 3.8) is 0 Å². The van der Waals surface area contributed by atoms with Crippen molar-refractivity contribution in [2.75, 3.05) is 10.6 Å². The van der Waals surface area contributed by atoms with E-state index in [1.165, 1.54) is 6.33 Å². The summed E-state index contributed by atoms with van der Waals surface area (Å²) in [7, 11) is 0. The highest BCUT2D eigenvalue weighted by Crippen LogP contribution is 2.34. The minimum Gasteiger partial charge on any atom is -0.333 e. The zero-order chi connectivity index (χ0) is 17.8. The van der Waals surface area contributed by atoms with Crippen LogP contribution in [-0.4, -0.2) is 19.9 Å². The normalized spacial score (nSPS) is 10.3. The maximum atomic E-state index is 11.6. The molecule has 0 amide bonds. The number of rotatable bonds is 5. The number of hydrogen-bond acceptors (Lipinski definition) is 7. The van der Waals surface area contributed by atoms with Gasteiger partial charge in [-0.1, -0.05) is 18.2 Å². The fraction of sp³-hybridized carbons (Fsp3) is 0.0625. The maximum absolute atomic E-state index is 11.6. The van der Waals surface area contributed by atoms with Gasteiger partial charge in [0, 0.05) is 10.2 Å². The smallest absolute Gasteiger partial charge is 0.333 e. The Balaban J connectivity index is 2.00. The molecule has 2 N–H and O–H groups in total.